The first kappa shape index (κ1) is 55.8. The lowest BCUT2D eigenvalue weighted by atomic mass is 9.90. The molecule has 15 aromatic rings. The van der Waals surface area contributed by atoms with Gasteiger partial charge in [0.15, 0.2) is 63.8 Å². The zero-order valence-electron chi connectivity index (χ0n) is 49.2. The third kappa shape index (κ3) is 10.9. The smallest absolute Gasteiger partial charge is 0.177 e. The summed E-state index contributed by atoms with van der Waals surface area (Å²) in [6.07, 6.45) is 0. The average Bonchev–Trinajstić information content (AvgIpc) is 1.61. The fourth-order valence-electron chi connectivity index (χ4n) is 11.6. The Balaban J connectivity index is 1.07. The minimum absolute atomic E-state index is 0.244. The van der Waals surface area contributed by atoms with Gasteiger partial charge in [-0.3, -0.25) is 0 Å². The predicted molar refractivity (Wildman–Crippen MR) is 363 cm³/mol. The van der Waals surface area contributed by atoms with Crippen LogP contribution in [0.3, 0.4) is 0 Å². The Kier molecular flexibility index (Phi) is 14.4. The molecule has 14 heteroatoms. The van der Waals surface area contributed by atoms with Crippen molar-refractivity contribution >= 4 is 33.2 Å². The molecular weight excluding hydrogens is 1140 g/mol. The summed E-state index contributed by atoms with van der Waals surface area (Å²) in [4.78, 5) is 54.0. The molecule has 0 aliphatic rings. The number of nitrogens with zero attached hydrogens (tertiary/aromatic N) is 14. The van der Waals surface area contributed by atoms with Gasteiger partial charge in [-0.1, -0.05) is 200 Å². The lowest BCUT2D eigenvalue weighted by molar-refractivity contribution is 1.07. The highest BCUT2D eigenvalue weighted by Crippen LogP contribution is 2.47. The molecule has 4 heterocycles. The van der Waals surface area contributed by atoms with Crippen LogP contribution >= 0.6 is 0 Å². The monoisotopic (exact) mass is 1190 g/mol. The molecule has 4 aromatic heterocycles. The van der Waals surface area contributed by atoms with Gasteiger partial charge in [0.1, 0.15) is 0 Å². The van der Waals surface area contributed by atoms with Crippen molar-refractivity contribution in [3.8, 4) is 143 Å². The van der Waals surface area contributed by atoms with Crippen LogP contribution in [0, 0.1) is 35.8 Å². The van der Waals surface area contributed by atoms with E-state index in [1.807, 2.05) is 218 Å². The van der Waals surface area contributed by atoms with Crippen molar-refractivity contribution in [3.05, 3.63) is 301 Å². The summed E-state index contributed by atoms with van der Waals surface area (Å²) in [5.41, 5.74) is 12.0. The van der Waals surface area contributed by atoms with Gasteiger partial charge >= 0.3 is 0 Å². The van der Waals surface area contributed by atoms with Gasteiger partial charge in [-0.15, -0.1) is 0 Å². The van der Waals surface area contributed by atoms with Gasteiger partial charge in [0.05, 0.1) is 53.1 Å². The van der Waals surface area contributed by atoms with Gasteiger partial charge in [-0.05, 0) is 77.9 Å². The normalized spacial score (nSPS) is 11.0. The molecule has 0 aliphatic carbocycles. The number of rotatable bonds is 12. The highest BCUT2D eigenvalue weighted by Gasteiger charge is 2.26. The predicted octanol–water partition coefficient (Wildman–Crippen LogP) is 18.5. The Hall–Kier alpha value is -13.8. The minimum atomic E-state index is 0.244. The standard InChI is InChI=1S/C79H44N14/c1-82-62-40-60(41-63(46-62)83-2)65-45-61(79-91-75(55-29-17-7-18-30-55)86-76(92-79)56-31-19-8-20-32-56)44-64(59-38-49(47-80)37-50(39-59)48-81)70(65)93-68-35-33-57(77-87-71(51-21-9-3-10-22-51)84-72(88-77)52-23-11-4-12-24-52)42-66(68)67-43-58(34-36-69(67)93)78-89-73(53-25-13-5-14-26-53)85-74(90-78)54-27-15-6-16-28-54/h3-46H. The molecule has 0 spiro atoms. The molecule has 15 rings (SSSR count). The van der Waals surface area contributed by atoms with Gasteiger partial charge in [-0.25, -0.2) is 54.5 Å². The van der Waals surface area contributed by atoms with Crippen LogP contribution in [-0.2, 0) is 0 Å². The van der Waals surface area contributed by atoms with E-state index in [-0.39, 0.29) is 22.5 Å². The molecule has 430 valence electrons. The first-order valence-electron chi connectivity index (χ1n) is 29.6. The van der Waals surface area contributed by atoms with E-state index < -0.39 is 0 Å². The molecular formula is C79H44N14. The first-order valence-corrected chi connectivity index (χ1v) is 29.6. The largest absolute Gasteiger partial charge is 0.308 e. The van der Waals surface area contributed by atoms with E-state index in [1.165, 1.54) is 0 Å². The quantitative estimate of drug-likeness (QED) is 0.106. The van der Waals surface area contributed by atoms with Crippen molar-refractivity contribution in [1.82, 2.24) is 49.4 Å². The van der Waals surface area contributed by atoms with Crippen molar-refractivity contribution in [2.45, 2.75) is 0 Å². The van der Waals surface area contributed by atoms with E-state index in [0.29, 0.717) is 97.1 Å². The molecule has 0 aliphatic heterocycles. The zero-order valence-corrected chi connectivity index (χ0v) is 49.2. The molecule has 0 unspecified atom stereocenters. The second-order valence-corrected chi connectivity index (χ2v) is 21.8. The topological polar surface area (TPSA) is 177 Å². The minimum Gasteiger partial charge on any atom is -0.308 e. The summed E-state index contributed by atoms with van der Waals surface area (Å²) in [5.74, 6) is 4.05. The Labute approximate surface area is 533 Å². The summed E-state index contributed by atoms with van der Waals surface area (Å²) in [6.45, 7) is 16.7. The zero-order chi connectivity index (χ0) is 62.8. The van der Waals surface area contributed by atoms with Crippen LogP contribution in [0.2, 0.25) is 0 Å². The van der Waals surface area contributed by atoms with Crippen LogP contribution in [0.5, 0.6) is 0 Å². The summed E-state index contributed by atoms with van der Waals surface area (Å²) >= 11 is 0. The Morgan fingerprint density at radius 1 is 0.269 bits per heavy atom. The molecule has 0 saturated carbocycles. The average molecular weight is 1190 g/mol. The maximum atomic E-state index is 10.7. The van der Waals surface area contributed by atoms with Crippen LogP contribution in [0.15, 0.2) is 267 Å². The van der Waals surface area contributed by atoms with E-state index >= 15 is 0 Å². The maximum Gasteiger partial charge on any atom is 0.177 e. The van der Waals surface area contributed by atoms with Gasteiger partial charge in [-0.2, -0.15) is 10.5 Å². The first-order chi connectivity index (χ1) is 45.8. The van der Waals surface area contributed by atoms with Crippen LogP contribution in [0.1, 0.15) is 11.1 Å². The van der Waals surface area contributed by atoms with E-state index in [2.05, 4.69) is 38.5 Å². The van der Waals surface area contributed by atoms with Crippen molar-refractivity contribution in [1.29, 1.82) is 10.5 Å². The molecule has 0 amide bonds. The highest BCUT2D eigenvalue weighted by molar-refractivity contribution is 6.13. The van der Waals surface area contributed by atoms with Crippen LogP contribution in [-0.4, -0.2) is 49.4 Å². The molecule has 0 radical (unpaired) electrons. The van der Waals surface area contributed by atoms with E-state index in [1.54, 1.807) is 36.4 Å². The van der Waals surface area contributed by atoms with Gasteiger partial charge in [0, 0.05) is 72.0 Å². The van der Waals surface area contributed by atoms with Crippen molar-refractivity contribution in [3.63, 3.8) is 0 Å². The van der Waals surface area contributed by atoms with Gasteiger partial charge in [0.2, 0.25) is 0 Å². The van der Waals surface area contributed by atoms with E-state index in [0.717, 1.165) is 55.2 Å². The number of fused-ring (bicyclic) bond motifs is 3. The van der Waals surface area contributed by atoms with Crippen molar-refractivity contribution in [2.75, 3.05) is 0 Å². The molecule has 14 nitrogen and oxygen atoms in total. The number of hydrogen-bond donors (Lipinski definition) is 0. The van der Waals surface area contributed by atoms with Crippen molar-refractivity contribution < 1.29 is 0 Å². The fraction of sp³-hybridized carbons (Fsp3) is 0. The highest BCUT2D eigenvalue weighted by atomic mass is 15.1. The Morgan fingerprint density at radius 3 is 0.839 bits per heavy atom. The molecule has 0 atom stereocenters. The third-order valence-corrected chi connectivity index (χ3v) is 15.9. The second-order valence-electron chi connectivity index (χ2n) is 21.8. The molecule has 0 fully saturated rings. The number of aromatic nitrogens is 10. The SMILES string of the molecule is [C-]#[N+]c1cc([N+]#[C-])cc(-c2cc(-c3nc(-c4ccccc4)nc(-c4ccccc4)n3)cc(-c3cc(C#N)cc(C#N)c3)c2-n2c3ccc(-c4nc(-c5ccccc5)nc(-c5ccccc5)n4)cc3c3cc(-c4nc(-c5ccccc5)nc(-c5ccccc5)n4)ccc32)c1. The number of hydrogen-bond acceptors (Lipinski definition) is 11. The summed E-state index contributed by atoms with van der Waals surface area (Å²) in [5, 5.41) is 23.0. The summed E-state index contributed by atoms with van der Waals surface area (Å²) in [6, 6.07) is 89.7. The fourth-order valence-corrected chi connectivity index (χ4v) is 11.6. The van der Waals surface area contributed by atoms with Crippen LogP contribution in [0.4, 0.5) is 11.4 Å². The van der Waals surface area contributed by atoms with E-state index in [9.17, 15) is 10.5 Å². The second kappa shape index (κ2) is 24.1. The molecule has 0 saturated heterocycles. The molecule has 11 aromatic carbocycles. The number of nitriles is 2. The van der Waals surface area contributed by atoms with Gasteiger partial charge < -0.3 is 4.57 Å². The Bertz CT molecular complexity index is 5080. The summed E-state index contributed by atoms with van der Waals surface area (Å²) in [7, 11) is 0. The molecule has 93 heavy (non-hydrogen) atoms. The van der Waals surface area contributed by atoms with E-state index in [4.69, 9.17) is 58.0 Å². The van der Waals surface area contributed by atoms with Crippen LogP contribution < -0.4 is 0 Å². The lowest BCUT2D eigenvalue weighted by Crippen LogP contribution is -2.04. The third-order valence-electron chi connectivity index (χ3n) is 15.9. The number of benzene rings is 11. The maximum absolute atomic E-state index is 10.7. The Morgan fingerprint density at radius 2 is 0.548 bits per heavy atom. The van der Waals surface area contributed by atoms with Crippen LogP contribution in [0.25, 0.3) is 162 Å². The lowest BCUT2D eigenvalue weighted by Gasteiger charge is -2.22. The van der Waals surface area contributed by atoms with Crippen molar-refractivity contribution in [2.24, 2.45) is 0 Å². The molecule has 0 bridgehead atoms. The summed E-state index contributed by atoms with van der Waals surface area (Å²) < 4.78 is 2.16. The van der Waals surface area contributed by atoms with Gasteiger partial charge in [0.25, 0.3) is 0 Å². The molecule has 0 N–H and O–H groups in total.